The van der Waals surface area contributed by atoms with Crippen molar-refractivity contribution in [1.29, 1.82) is 0 Å². The molecule has 1 atom stereocenters. The van der Waals surface area contributed by atoms with Crippen molar-refractivity contribution in [2.24, 2.45) is 0 Å². The molecular formula is C20H15BrFN3O2. The molecule has 1 N–H and O–H groups in total. The smallest absolute Gasteiger partial charge is 0.226 e. The Bertz CT molecular complexity index is 1040. The number of nitrogens with one attached hydrogen (secondary N) is 1. The van der Waals surface area contributed by atoms with Crippen LogP contribution in [-0.2, 0) is 4.79 Å². The SMILES string of the molecule is Cc1nn(-c2ccc(F)cc2)c2c1[C@H](C(=O)c1ccc(Br)cc1)CC(=O)N2. The quantitative estimate of drug-likeness (QED) is 0.630. The van der Waals surface area contributed by atoms with Crippen molar-refractivity contribution >= 4 is 33.4 Å². The zero-order valence-electron chi connectivity index (χ0n) is 14.4. The molecule has 0 bridgehead atoms. The summed E-state index contributed by atoms with van der Waals surface area (Å²) in [5.74, 6) is -0.875. The molecule has 2 aromatic carbocycles. The Hall–Kier alpha value is -2.80. The number of halogens is 2. The molecule has 1 amide bonds. The van der Waals surface area contributed by atoms with E-state index in [1.54, 1.807) is 48.0 Å². The zero-order chi connectivity index (χ0) is 19.1. The largest absolute Gasteiger partial charge is 0.310 e. The molecule has 2 heterocycles. The predicted octanol–water partition coefficient (Wildman–Crippen LogP) is 4.39. The number of carbonyl (C=O) groups excluding carboxylic acids is 2. The van der Waals surface area contributed by atoms with Crippen molar-refractivity contribution in [3.63, 3.8) is 0 Å². The molecule has 1 aromatic heterocycles. The Kier molecular flexibility index (Phi) is 4.39. The van der Waals surface area contributed by atoms with Gasteiger partial charge < -0.3 is 5.32 Å². The van der Waals surface area contributed by atoms with Crippen LogP contribution in [0.3, 0.4) is 0 Å². The van der Waals surface area contributed by atoms with Crippen molar-refractivity contribution in [1.82, 2.24) is 9.78 Å². The molecule has 0 radical (unpaired) electrons. The van der Waals surface area contributed by atoms with Gasteiger partial charge in [0.05, 0.1) is 17.3 Å². The van der Waals surface area contributed by atoms with Gasteiger partial charge in [0.1, 0.15) is 11.6 Å². The number of aromatic nitrogens is 2. The average Bonchev–Trinajstić information content (AvgIpc) is 2.98. The maximum atomic E-state index is 13.2. The van der Waals surface area contributed by atoms with Gasteiger partial charge in [-0.05, 0) is 43.3 Å². The maximum Gasteiger partial charge on any atom is 0.226 e. The van der Waals surface area contributed by atoms with Gasteiger partial charge in [-0.1, -0.05) is 28.1 Å². The number of hydrogen-bond donors (Lipinski definition) is 1. The van der Waals surface area contributed by atoms with E-state index in [-0.39, 0.29) is 23.9 Å². The van der Waals surface area contributed by atoms with E-state index >= 15 is 0 Å². The number of rotatable bonds is 3. The Morgan fingerprint density at radius 2 is 1.85 bits per heavy atom. The summed E-state index contributed by atoms with van der Waals surface area (Å²) in [6, 6.07) is 12.9. The first-order chi connectivity index (χ1) is 12.9. The van der Waals surface area contributed by atoms with E-state index in [2.05, 4.69) is 26.3 Å². The lowest BCUT2D eigenvalue weighted by molar-refractivity contribution is -0.116. The summed E-state index contributed by atoms with van der Waals surface area (Å²) in [4.78, 5) is 25.4. The maximum absolute atomic E-state index is 13.2. The van der Waals surface area contributed by atoms with Crippen LogP contribution < -0.4 is 5.32 Å². The summed E-state index contributed by atoms with van der Waals surface area (Å²) in [5, 5.41) is 7.30. The standard InChI is InChI=1S/C20H15BrFN3O2/c1-11-18-16(19(27)12-2-4-13(21)5-3-12)10-17(26)23-20(18)25(24-11)15-8-6-14(22)7-9-15/h2-9,16H,10H2,1H3,(H,23,26)/t16-/m1/s1. The highest BCUT2D eigenvalue weighted by molar-refractivity contribution is 9.10. The molecule has 0 fully saturated rings. The Balaban J connectivity index is 1.80. The number of nitrogens with zero attached hydrogens (tertiary/aromatic N) is 2. The second-order valence-corrected chi connectivity index (χ2v) is 7.33. The second kappa shape index (κ2) is 6.74. The minimum atomic E-state index is -0.607. The van der Waals surface area contributed by atoms with Crippen molar-refractivity contribution in [3.05, 3.63) is 75.6 Å². The number of Topliss-reactive ketones (excluding diaryl/α,β-unsaturated/α-hetero) is 1. The molecule has 136 valence electrons. The van der Waals surface area contributed by atoms with Crippen molar-refractivity contribution < 1.29 is 14.0 Å². The van der Waals surface area contributed by atoms with Gasteiger partial charge in [0, 0.05) is 22.0 Å². The van der Waals surface area contributed by atoms with Gasteiger partial charge >= 0.3 is 0 Å². The average molecular weight is 428 g/mol. The van der Waals surface area contributed by atoms with Crippen LogP contribution >= 0.6 is 15.9 Å². The molecule has 27 heavy (non-hydrogen) atoms. The summed E-state index contributed by atoms with van der Waals surface area (Å²) in [7, 11) is 0. The number of ketones is 1. The molecule has 7 heteroatoms. The summed E-state index contributed by atoms with van der Waals surface area (Å²) >= 11 is 3.36. The fourth-order valence-corrected chi connectivity index (χ4v) is 3.62. The van der Waals surface area contributed by atoms with E-state index in [0.717, 1.165) is 4.47 Å². The Morgan fingerprint density at radius 3 is 2.52 bits per heavy atom. The van der Waals surface area contributed by atoms with E-state index in [9.17, 15) is 14.0 Å². The van der Waals surface area contributed by atoms with Gasteiger partial charge in [0.15, 0.2) is 5.78 Å². The molecule has 0 saturated carbocycles. The monoisotopic (exact) mass is 427 g/mol. The van der Waals surface area contributed by atoms with Crippen LogP contribution in [0.4, 0.5) is 10.2 Å². The number of carbonyl (C=O) groups is 2. The van der Waals surface area contributed by atoms with Crippen molar-refractivity contribution in [3.8, 4) is 5.69 Å². The number of fused-ring (bicyclic) bond motifs is 1. The summed E-state index contributed by atoms with van der Waals surface area (Å²) in [6.45, 7) is 1.80. The van der Waals surface area contributed by atoms with E-state index in [4.69, 9.17) is 0 Å². The lowest BCUT2D eigenvalue weighted by Gasteiger charge is -2.23. The van der Waals surface area contributed by atoms with Crippen molar-refractivity contribution in [2.75, 3.05) is 5.32 Å². The van der Waals surface area contributed by atoms with E-state index in [1.807, 2.05) is 0 Å². The topological polar surface area (TPSA) is 64.0 Å². The zero-order valence-corrected chi connectivity index (χ0v) is 16.0. The number of aryl methyl sites for hydroxylation is 1. The number of amides is 1. The molecule has 1 aliphatic heterocycles. The number of benzene rings is 2. The summed E-state index contributed by atoms with van der Waals surface area (Å²) < 4.78 is 15.7. The Morgan fingerprint density at radius 1 is 1.19 bits per heavy atom. The number of anilines is 1. The first kappa shape index (κ1) is 17.6. The van der Waals surface area contributed by atoms with Crippen LogP contribution in [-0.4, -0.2) is 21.5 Å². The van der Waals surface area contributed by atoms with Crippen molar-refractivity contribution in [2.45, 2.75) is 19.3 Å². The van der Waals surface area contributed by atoms with E-state index in [1.165, 1.54) is 12.1 Å². The summed E-state index contributed by atoms with van der Waals surface area (Å²) in [5.41, 5.74) is 2.51. The molecule has 3 aromatic rings. The fourth-order valence-electron chi connectivity index (χ4n) is 3.36. The van der Waals surface area contributed by atoms with Crippen LogP contribution in [0.15, 0.2) is 53.0 Å². The van der Waals surface area contributed by atoms with E-state index < -0.39 is 5.92 Å². The Labute approximate surface area is 163 Å². The first-order valence-electron chi connectivity index (χ1n) is 8.39. The number of hydrogen-bond acceptors (Lipinski definition) is 3. The lowest BCUT2D eigenvalue weighted by Crippen LogP contribution is -2.28. The third-order valence-electron chi connectivity index (χ3n) is 4.62. The van der Waals surface area contributed by atoms with Gasteiger partial charge in [-0.25, -0.2) is 9.07 Å². The molecular weight excluding hydrogens is 413 g/mol. The second-order valence-electron chi connectivity index (χ2n) is 6.41. The van der Waals surface area contributed by atoms with Crippen LogP contribution in [0.25, 0.3) is 5.69 Å². The van der Waals surface area contributed by atoms with E-state index in [0.29, 0.717) is 28.3 Å². The highest BCUT2D eigenvalue weighted by Crippen LogP contribution is 2.38. The minimum absolute atomic E-state index is 0.0673. The predicted molar refractivity (Wildman–Crippen MR) is 103 cm³/mol. The molecule has 0 unspecified atom stereocenters. The third-order valence-corrected chi connectivity index (χ3v) is 5.15. The highest BCUT2D eigenvalue weighted by Gasteiger charge is 2.36. The third kappa shape index (κ3) is 3.19. The van der Waals surface area contributed by atoms with Gasteiger partial charge in [0.2, 0.25) is 5.91 Å². The molecule has 0 aliphatic carbocycles. The fraction of sp³-hybridized carbons (Fsp3) is 0.150. The van der Waals surface area contributed by atoms with Gasteiger partial charge in [-0.3, -0.25) is 9.59 Å². The first-order valence-corrected chi connectivity index (χ1v) is 9.18. The van der Waals surface area contributed by atoms with Crippen LogP contribution in [0.1, 0.15) is 34.0 Å². The minimum Gasteiger partial charge on any atom is -0.310 e. The molecule has 0 saturated heterocycles. The van der Waals surface area contributed by atoms with Gasteiger partial charge in [-0.2, -0.15) is 5.10 Å². The molecule has 0 spiro atoms. The van der Waals surface area contributed by atoms with Crippen LogP contribution in [0.5, 0.6) is 0 Å². The normalized spacial score (nSPS) is 16.0. The molecule has 4 rings (SSSR count). The molecule has 5 nitrogen and oxygen atoms in total. The summed E-state index contributed by atoms with van der Waals surface area (Å²) in [6.07, 6.45) is 0.0673. The van der Waals surface area contributed by atoms with Gasteiger partial charge in [0.25, 0.3) is 0 Å². The molecule has 1 aliphatic rings. The lowest BCUT2D eigenvalue weighted by atomic mass is 9.85. The highest BCUT2D eigenvalue weighted by atomic mass is 79.9. The van der Waals surface area contributed by atoms with Gasteiger partial charge in [-0.15, -0.1) is 0 Å². The van der Waals surface area contributed by atoms with Crippen LogP contribution in [0, 0.1) is 12.7 Å². The van der Waals surface area contributed by atoms with Crippen LogP contribution in [0.2, 0.25) is 0 Å².